The fraction of sp³-hybridized carbons (Fsp3) is 0.389. The van der Waals surface area contributed by atoms with Gasteiger partial charge in [-0.1, -0.05) is 36.4 Å². The summed E-state index contributed by atoms with van der Waals surface area (Å²) in [6.45, 7) is 4.23. The van der Waals surface area contributed by atoms with E-state index >= 15 is 0 Å². The summed E-state index contributed by atoms with van der Waals surface area (Å²) in [5.41, 5.74) is 2.51. The van der Waals surface area contributed by atoms with Gasteiger partial charge < -0.3 is 5.32 Å². The van der Waals surface area contributed by atoms with E-state index in [2.05, 4.69) is 51.6 Å². The molecule has 1 fully saturated rings. The fourth-order valence-corrected chi connectivity index (χ4v) is 3.03. The second-order valence-electron chi connectivity index (χ2n) is 5.62. The van der Waals surface area contributed by atoms with Crippen LogP contribution in [-0.2, 0) is 6.54 Å². The van der Waals surface area contributed by atoms with Crippen molar-refractivity contribution in [3.63, 3.8) is 0 Å². The first-order valence-electron chi connectivity index (χ1n) is 7.83. The zero-order valence-electron chi connectivity index (χ0n) is 12.4. The summed E-state index contributed by atoms with van der Waals surface area (Å²) in [6.07, 6.45) is 4.50. The minimum Gasteiger partial charge on any atom is -0.309 e. The second-order valence-corrected chi connectivity index (χ2v) is 5.62. The first kappa shape index (κ1) is 14.2. The van der Waals surface area contributed by atoms with E-state index < -0.39 is 0 Å². The lowest BCUT2D eigenvalue weighted by Gasteiger charge is -2.28. The van der Waals surface area contributed by atoms with E-state index in [1.807, 2.05) is 18.3 Å². The molecule has 1 aliphatic heterocycles. The number of hydrogen-bond donors (Lipinski definition) is 1. The van der Waals surface area contributed by atoms with Crippen molar-refractivity contribution in [2.45, 2.75) is 25.4 Å². The number of benzene rings is 1. The second kappa shape index (κ2) is 7.34. The molecule has 0 bridgehead atoms. The predicted octanol–water partition coefficient (Wildman–Crippen LogP) is 3.01. The maximum absolute atomic E-state index is 4.37. The Bertz CT molecular complexity index is 521. The normalized spacial score (nSPS) is 17.0. The van der Waals surface area contributed by atoms with Crippen molar-refractivity contribution >= 4 is 0 Å². The Hall–Kier alpha value is -1.71. The molecule has 1 atom stereocenters. The maximum atomic E-state index is 4.37. The molecule has 1 aromatic heterocycles. The van der Waals surface area contributed by atoms with E-state index in [0.717, 1.165) is 18.8 Å². The average Bonchev–Trinajstić information content (AvgIpc) is 3.07. The molecule has 1 aromatic carbocycles. The van der Waals surface area contributed by atoms with Gasteiger partial charge in [0.25, 0.3) is 0 Å². The van der Waals surface area contributed by atoms with Crippen LogP contribution < -0.4 is 5.32 Å². The molecule has 0 spiro atoms. The molecule has 1 unspecified atom stereocenters. The Morgan fingerprint density at radius 1 is 1.00 bits per heavy atom. The molecule has 3 heteroatoms. The van der Waals surface area contributed by atoms with Gasteiger partial charge in [-0.2, -0.15) is 0 Å². The summed E-state index contributed by atoms with van der Waals surface area (Å²) in [5.74, 6) is 0. The molecule has 1 aliphatic rings. The topological polar surface area (TPSA) is 28.2 Å². The minimum absolute atomic E-state index is 0.470. The summed E-state index contributed by atoms with van der Waals surface area (Å²) < 4.78 is 0. The Morgan fingerprint density at radius 3 is 2.48 bits per heavy atom. The standard InChI is InChI=1S/C18H23N3/c1-2-8-16(9-3-1)18(21-12-6-7-13-21)15-19-14-17-10-4-5-11-20-17/h1-5,8-11,18-19H,6-7,12-15H2. The lowest BCUT2D eigenvalue weighted by molar-refractivity contribution is 0.238. The lowest BCUT2D eigenvalue weighted by atomic mass is 10.1. The highest BCUT2D eigenvalue weighted by Gasteiger charge is 2.22. The average molecular weight is 281 g/mol. The highest BCUT2D eigenvalue weighted by Crippen LogP contribution is 2.24. The van der Waals surface area contributed by atoms with Crippen LogP contribution in [0.5, 0.6) is 0 Å². The van der Waals surface area contributed by atoms with Gasteiger partial charge in [0.1, 0.15) is 0 Å². The zero-order valence-corrected chi connectivity index (χ0v) is 12.4. The molecular formula is C18H23N3. The van der Waals surface area contributed by atoms with Crippen LogP contribution in [0.15, 0.2) is 54.7 Å². The van der Waals surface area contributed by atoms with E-state index in [1.165, 1.54) is 31.5 Å². The highest BCUT2D eigenvalue weighted by atomic mass is 15.2. The monoisotopic (exact) mass is 281 g/mol. The molecule has 2 heterocycles. The summed E-state index contributed by atoms with van der Waals surface area (Å²) in [5, 5.41) is 3.57. The lowest BCUT2D eigenvalue weighted by Crippen LogP contribution is -2.34. The summed E-state index contributed by atoms with van der Waals surface area (Å²) >= 11 is 0. The molecular weight excluding hydrogens is 258 g/mol. The number of likely N-dealkylation sites (tertiary alicyclic amines) is 1. The molecule has 1 saturated heterocycles. The first-order chi connectivity index (χ1) is 10.4. The fourth-order valence-electron chi connectivity index (χ4n) is 3.03. The van der Waals surface area contributed by atoms with Gasteiger partial charge in [-0.25, -0.2) is 0 Å². The first-order valence-corrected chi connectivity index (χ1v) is 7.83. The number of pyridine rings is 1. The van der Waals surface area contributed by atoms with E-state index in [4.69, 9.17) is 0 Å². The van der Waals surface area contributed by atoms with Gasteiger partial charge in [0.2, 0.25) is 0 Å². The van der Waals surface area contributed by atoms with Crippen molar-refractivity contribution in [3.8, 4) is 0 Å². The van der Waals surface area contributed by atoms with Gasteiger partial charge >= 0.3 is 0 Å². The largest absolute Gasteiger partial charge is 0.309 e. The van der Waals surface area contributed by atoms with E-state index in [0.29, 0.717) is 6.04 Å². The molecule has 3 rings (SSSR count). The van der Waals surface area contributed by atoms with Gasteiger partial charge in [-0.05, 0) is 43.6 Å². The Kier molecular flexibility index (Phi) is 4.98. The highest BCUT2D eigenvalue weighted by molar-refractivity contribution is 5.20. The van der Waals surface area contributed by atoms with Crippen LogP contribution in [0.1, 0.15) is 30.1 Å². The molecule has 0 amide bonds. The van der Waals surface area contributed by atoms with Crippen molar-refractivity contribution in [1.82, 2.24) is 15.2 Å². The molecule has 0 aliphatic carbocycles. The zero-order chi connectivity index (χ0) is 14.3. The number of rotatable bonds is 6. The van der Waals surface area contributed by atoms with Crippen LogP contribution in [0, 0.1) is 0 Å². The SMILES string of the molecule is c1ccc(C(CNCc2ccccn2)N2CCCC2)cc1. The molecule has 1 N–H and O–H groups in total. The number of hydrogen-bond acceptors (Lipinski definition) is 3. The van der Waals surface area contributed by atoms with Gasteiger partial charge in [0.15, 0.2) is 0 Å². The van der Waals surface area contributed by atoms with Crippen LogP contribution >= 0.6 is 0 Å². The van der Waals surface area contributed by atoms with Crippen LogP contribution in [0.25, 0.3) is 0 Å². The van der Waals surface area contributed by atoms with Crippen molar-refractivity contribution in [1.29, 1.82) is 0 Å². The van der Waals surface area contributed by atoms with Crippen molar-refractivity contribution in [2.24, 2.45) is 0 Å². The van der Waals surface area contributed by atoms with Gasteiger partial charge in [0, 0.05) is 25.3 Å². The van der Waals surface area contributed by atoms with Gasteiger partial charge in [-0.3, -0.25) is 9.88 Å². The third-order valence-electron chi connectivity index (χ3n) is 4.14. The van der Waals surface area contributed by atoms with E-state index in [9.17, 15) is 0 Å². The summed E-state index contributed by atoms with van der Waals surface area (Å²) in [4.78, 5) is 6.97. The molecule has 3 nitrogen and oxygen atoms in total. The van der Waals surface area contributed by atoms with Crippen LogP contribution in [-0.4, -0.2) is 29.5 Å². The Labute approximate surface area is 127 Å². The van der Waals surface area contributed by atoms with E-state index in [1.54, 1.807) is 0 Å². The van der Waals surface area contributed by atoms with Crippen LogP contribution in [0.3, 0.4) is 0 Å². The predicted molar refractivity (Wildman–Crippen MR) is 85.9 cm³/mol. The van der Waals surface area contributed by atoms with Crippen LogP contribution in [0.2, 0.25) is 0 Å². The minimum atomic E-state index is 0.470. The summed E-state index contributed by atoms with van der Waals surface area (Å²) in [6, 6.07) is 17.4. The maximum Gasteiger partial charge on any atom is 0.0541 e. The summed E-state index contributed by atoms with van der Waals surface area (Å²) in [7, 11) is 0. The van der Waals surface area contributed by atoms with Crippen LogP contribution in [0.4, 0.5) is 0 Å². The number of nitrogens with zero attached hydrogens (tertiary/aromatic N) is 2. The molecule has 0 saturated carbocycles. The van der Waals surface area contributed by atoms with Crippen molar-refractivity contribution < 1.29 is 0 Å². The Balaban J connectivity index is 1.62. The smallest absolute Gasteiger partial charge is 0.0541 e. The number of nitrogens with one attached hydrogen (secondary N) is 1. The van der Waals surface area contributed by atoms with E-state index in [-0.39, 0.29) is 0 Å². The van der Waals surface area contributed by atoms with Crippen molar-refractivity contribution in [3.05, 3.63) is 66.0 Å². The molecule has 0 radical (unpaired) electrons. The third-order valence-corrected chi connectivity index (χ3v) is 4.14. The Morgan fingerprint density at radius 2 is 1.76 bits per heavy atom. The number of aromatic nitrogens is 1. The van der Waals surface area contributed by atoms with Crippen molar-refractivity contribution in [2.75, 3.05) is 19.6 Å². The molecule has 110 valence electrons. The third kappa shape index (κ3) is 3.90. The quantitative estimate of drug-likeness (QED) is 0.882. The van der Waals surface area contributed by atoms with Gasteiger partial charge in [0.05, 0.1) is 5.69 Å². The van der Waals surface area contributed by atoms with Gasteiger partial charge in [-0.15, -0.1) is 0 Å². The molecule has 2 aromatic rings. The molecule has 21 heavy (non-hydrogen) atoms.